The van der Waals surface area contributed by atoms with Gasteiger partial charge in [-0.1, -0.05) is 34.1 Å². The van der Waals surface area contributed by atoms with E-state index >= 15 is 0 Å². The highest BCUT2D eigenvalue weighted by molar-refractivity contribution is 9.10. The number of ether oxygens (including phenoxy) is 1. The van der Waals surface area contributed by atoms with Crippen molar-refractivity contribution < 1.29 is 9.66 Å². The number of benzene rings is 2. The molecule has 0 saturated heterocycles. The lowest BCUT2D eigenvalue weighted by Gasteiger charge is -2.09. The zero-order valence-electron chi connectivity index (χ0n) is 10.6. The minimum atomic E-state index is -0.412. The lowest BCUT2D eigenvalue weighted by molar-refractivity contribution is -0.384. The van der Waals surface area contributed by atoms with E-state index in [1.165, 1.54) is 6.07 Å². The summed E-state index contributed by atoms with van der Waals surface area (Å²) in [6, 6.07) is 14.3. The number of anilines is 1. The third kappa shape index (κ3) is 3.96. The standard InChI is InChI=1S/C14H13BrN2O3/c15-11-6-7-13(14(10-11)17(18)19)16-8-9-20-12-4-2-1-3-5-12/h1-7,10,16H,8-9H2. The van der Waals surface area contributed by atoms with Gasteiger partial charge < -0.3 is 10.1 Å². The van der Waals surface area contributed by atoms with Crippen LogP contribution in [0.1, 0.15) is 0 Å². The van der Waals surface area contributed by atoms with Crippen molar-refractivity contribution in [3.8, 4) is 5.75 Å². The predicted octanol–water partition coefficient (Wildman–Crippen LogP) is 3.85. The van der Waals surface area contributed by atoms with Crippen LogP contribution in [0.25, 0.3) is 0 Å². The van der Waals surface area contributed by atoms with E-state index in [2.05, 4.69) is 21.2 Å². The molecule has 20 heavy (non-hydrogen) atoms. The largest absolute Gasteiger partial charge is 0.492 e. The Labute approximate surface area is 124 Å². The summed E-state index contributed by atoms with van der Waals surface area (Å²) in [6.07, 6.45) is 0. The van der Waals surface area contributed by atoms with Crippen LogP contribution in [0.5, 0.6) is 5.75 Å². The van der Waals surface area contributed by atoms with Crippen molar-refractivity contribution in [1.29, 1.82) is 0 Å². The van der Waals surface area contributed by atoms with Crippen LogP contribution in [-0.2, 0) is 0 Å². The Hall–Kier alpha value is -2.08. The van der Waals surface area contributed by atoms with Crippen molar-refractivity contribution in [2.75, 3.05) is 18.5 Å². The van der Waals surface area contributed by atoms with Crippen molar-refractivity contribution in [2.45, 2.75) is 0 Å². The smallest absolute Gasteiger partial charge is 0.293 e. The number of halogens is 1. The van der Waals surface area contributed by atoms with E-state index in [1.54, 1.807) is 12.1 Å². The molecule has 104 valence electrons. The van der Waals surface area contributed by atoms with Gasteiger partial charge in [0.1, 0.15) is 18.0 Å². The van der Waals surface area contributed by atoms with Crippen LogP contribution in [0.3, 0.4) is 0 Å². The van der Waals surface area contributed by atoms with Gasteiger partial charge in [-0.3, -0.25) is 10.1 Å². The molecule has 0 aromatic heterocycles. The third-order valence-electron chi connectivity index (χ3n) is 2.59. The van der Waals surface area contributed by atoms with Gasteiger partial charge in [-0.2, -0.15) is 0 Å². The number of hydrogen-bond acceptors (Lipinski definition) is 4. The normalized spacial score (nSPS) is 10.1. The van der Waals surface area contributed by atoms with Crippen LogP contribution in [-0.4, -0.2) is 18.1 Å². The van der Waals surface area contributed by atoms with Gasteiger partial charge in [0.25, 0.3) is 5.69 Å². The van der Waals surface area contributed by atoms with E-state index in [1.807, 2.05) is 30.3 Å². The highest BCUT2D eigenvalue weighted by Crippen LogP contribution is 2.27. The Balaban J connectivity index is 1.90. The maximum absolute atomic E-state index is 10.9. The van der Waals surface area contributed by atoms with Gasteiger partial charge in [0.15, 0.2) is 0 Å². The second-order valence-electron chi connectivity index (χ2n) is 4.01. The molecule has 2 aromatic rings. The molecule has 0 aliphatic rings. The molecule has 0 saturated carbocycles. The van der Waals surface area contributed by atoms with Crippen molar-refractivity contribution in [2.24, 2.45) is 0 Å². The minimum absolute atomic E-state index is 0.0408. The average Bonchev–Trinajstić information content (AvgIpc) is 2.45. The van der Waals surface area contributed by atoms with Gasteiger partial charge in [0.05, 0.1) is 4.92 Å². The molecule has 0 fully saturated rings. The Morgan fingerprint density at radius 3 is 2.65 bits per heavy atom. The molecule has 0 unspecified atom stereocenters. The molecule has 0 aliphatic heterocycles. The summed E-state index contributed by atoms with van der Waals surface area (Å²) in [7, 11) is 0. The summed E-state index contributed by atoms with van der Waals surface area (Å²) in [4.78, 5) is 10.5. The molecule has 1 N–H and O–H groups in total. The van der Waals surface area contributed by atoms with Crippen LogP contribution in [0.4, 0.5) is 11.4 Å². The maximum Gasteiger partial charge on any atom is 0.293 e. The van der Waals surface area contributed by atoms with Gasteiger partial charge in [0, 0.05) is 17.1 Å². The van der Waals surface area contributed by atoms with Crippen molar-refractivity contribution in [3.63, 3.8) is 0 Å². The number of nitrogens with one attached hydrogen (secondary N) is 1. The monoisotopic (exact) mass is 336 g/mol. The lowest BCUT2D eigenvalue weighted by atomic mass is 10.2. The summed E-state index contributed by atoms with van der Waals surface area (Å²) in [5, 5.41) is 13.9. The fourth-order valence-electron chi connectivity index (χ4n) is 1.68. The second kappa shape index (κ2) is 6.91. The molecule has 5 nitrogen and oxygen atoms in total. The first-order valence-corrected chi connectivity index (χ1v) is 6.82. The Morgan fingerprint density at radius 2 is 1.95 bits per heavy atom. The summed E-state index contributed by atoms with van der Waals surface area (Å²) in [5.74, 6) is 0.777. The molecule has 0 amide bonds. The van der Waals surface area contributed by atoms with Crippen LogP contribution in [0.15, 0.2) is 53.0 Å². The fourth-order valence-corrected chi connectivity index (χ4v) is 2.03. The molecular formula is C14H13BrN2O3. The van der Waals surface area contributed by atoms with E-state index in [9.17, 15) is 10.1 Å². The molecular weight excluding hydrogens is 324 g/mol. The quantitative estimate of drug-likeness (QED) is 0.494. The van der Waals surface area contributed by atoms with Crippen molar-refractivity contribution >= 4 is 27.3 Å². The third-order valence-corrected chi connectivity index (χ3v) is 3.08. The topological polar surface area (TPSA) is 64.4 Å². The number of nitrogens with zero attached hydrogens (tertiary/aromatic N) is 1. The summed E-state index contributed by atoms with van der Waals surface area (Å²) in [5.41, 5.74) is 0.522. The van der Waals surface area contributed by atoms with Gasteiger partial charge >= 0.3 is 0 Å². The first-order valence-electron chi connectivity index (χ1n) is 6.02. The highest BCUT2D eigenvalue weighted by atomic mass is 79.9. The van der Waals surface area contributed by atoms with Gasteiger partial charge in [-0.15, -0.1) is 0 Å². The number of hydrogen-bond donors (Lipinski definition) is 1. The number of rotatable bonds is 6. The van der Waals surface area contributed by atoms with E-state index in [4.69, 9.17) is 4.74 Å². The molecule has 6 heteroatoms. The summed E-state index contributed by atoms with van der Waals surface area (Å²) < 4.78 is 6.19. The van der Waals surface area contributed by atoms with Gasteiger partial charge in [0.2, 0.25) is 0 Å². The molecule has 0 aliphatic carbocycles. The van der Waals surface area contributed by atoms with Crippen LogP contribution >= 0.6 is 15.9 Å². The summed E-state index contributed by atoms with van der Waals surface area (Å²) in [6.45, 7) is 0.911. The second-order valence-corrected chi connectivity index (χ2v) is 4.92. The zero-order valence-corrected chi connectivity index (χ0v) is 12.2. The van der Waals surface area contributed by atoms with Crippen LogP contribution in [0, 0.1) is 10.1 Å². The maximum atomic E-state index is 10.9. The Kier molecular flexibility index (Phi) is 4.95. The van der Waals surface area contributed by atoms with E-state index in [0.29, 0.717) is 23.3 Å². The molecule has 0 bridgehead atoms. The molecule has 0 atom stereocenters. The van der Waals surface area contributed by atoms with Gasteiger partial charge in [-0.25, -0.2) is 0 Å². The predicted molar refractivity (Wildman–Crippen MR) is 81.2 cm³/mol. The van der Waals surface area contributed by atoms with E-state index in [0.717, 1.165) is 5.75 Å². The highest BCUT2D eigenvalue weighted by Gasteiger charge is 2.13. The lowest BCUT2D eigenvalue weighted by Crippen LogP contribution is -2.12. The fraction of sp³-hybridized carbons (Fsp3) is 0.143. The molecule has 0 heterocycles. The van der Waals surface area contributed by atoms with Crippen LogP contribution < -0.4 is 10.1 Å². The molecule has 0 radical (unpaired) electrons. The minimum Gasteiger partial charge on any atom is -0.492 e. The van der Waals surface area contributed by atoms with Crippen LogP contribution in [0.2, 0.25) is 0 Å². The molecule has 0 spiro atoms. The SMILES string of the molecule is O=[N+]([O-])c1cc(Br)ccc1NCCOc1ccccc1. The summed E-state index contributed by atoms with van der Waals surface area (Å²) >= 11 is 3.22. The Morgan fingerprint density at radius 1 is 1.20 bits per heavy atom. The van der Waals surface area contributed by atoms with Crippen molar-refractivity contribution in [3.05, 3.63) is 63.1 Å². The molecule has 2 aromatic carbocycles. The van der Waals surface area contributed by atoms with Crippen molar-refractivity contribution in [1.82, 2.24) is 0 Å². The first-order chi connectivity index (χ1) is 9.66. The zero-order chi connectivity index (χ0) is 14.4. The Bertz CT molecular complexity index is 590. The first kappa shape index (κ1) is 14.3. The van der Waals surface area contributed by atoms with E-state index in [-0.39, 0.29) is 5.69 Å². The average molecular weight is 337 g/mol. The number of nitro benzene ring substituents is 1. The van der Waals surface area contributed by atoms with Gasteiger partial charge in [-0.05, 0) is 24.3 Å². The number of para-hydroxylation sites is 1. The molecule has 2 rings (SSSR count). The number of nitro groups is 1. The van der Waals surface area contributed by atoms with E-state index < -0.39 is 4.92 Å².